The molecule has 11 heteroatoms. The Bertz CT molecular complexity index is 250. The Morgan fingerprint density at radius 2 is 1.24 bits per heavy atom. The first kappa shape index (κ1) is 25.9. The van der Waals surface area contributed by atoms with E-state index in [0.717, 1.165) is 0 Å². The molecule has 2 unspecified atom stereocenters. The number of carboxylic acids is 2. The summed E-state index contributed by atoms with van der Waals surface area (Å²) in [5, 5.41) is 36.7. The minimum atomic E-state index is -1.27. The molecule has 0 aromatic rings. The molecule has 0 aliphatic carbocycles. The second kappa shape index (κ2) is 18.0. The second-order valence-electron chi connectivity index (χ2n) is 3.56. The van der Waals surface area contributed by atoms with Gasteiger partial charge in [0.2, 0.25) is 0 Å². The van der Waals surface area contributed by atoms with Gasteiger partial charge in [0.05, 0.1) is 24.0 Å². The van der Waals surface area contributed by atoms with Crippen molar-refractivity contribution in [1.82, 2.24) is 11.0 Å². The van der Waals surface area contributed by atoms with Gasteiger partial charge in [-0.05, 0) is 36.9 Å². The average Bonchev–Trinajstić information content (AvgIpc) is 2.40. The van der Waals surface area contributed by atoms with Crippen molar-refractivity contribution in [1.29, 1.82) is 0 Å². The third-order valence-corrected chi connectivity index (χ3v) is 3.39. The van der Waals surface area contributed by atoms with E-state index in [1.165, 1.54) is 23.5 Å². The molecule has 0 amide bonds. The molecule has 0 aromatic carbocycles. The zero-order valence-electron chi connectivity index (χ0n) is 11.6. The molecule has 0 aliphatic heterocycles. The van der Waals surface area contributed by atoms with Crippen LogP contribution in [0.3, 0.4) is 0 Å². The first-order valence-corrected chi connectivity index (χ1v) is 8.42. The van der Waals surface area contributed by atoms with Gasteiger partial charge >= 0.3 is 17.1 Å². The largest absolute Gasteiger partial charge is 2.00 e. The summed E-state index contributed by atoms with van der Waals surface area (Å²) in [6.45, 7) is 0. The third-order valence-electron chi connectivity index (χ3n) is 2.10. The molecule has 0 aliphatic rings. The number of hydrogen-bond acceptors (Lipinski definition) is 10. The number of carbonyl (C=O) groups is 2. The average molecular weight is 392 g/mol. The molecule has 21 heavy (non-hydrogen) atoms. The van der Waals surface area contributed by atoms with Crippen LogP contribution >= 0.6 is 23.5 Å². The molecule has 0 bridgehead atoms. The van der Waals surface area contributed by atoms with Crippen LogP contribution in [-0.4, -0.2) is 58.5 Å². The quantitative estimate of drug-likeness (QED) is 0.236. The molecule has 0 saturated heterocycles. The van der Waals surface area contributed by atoms with Gasteiger partial charge < -0.3 is 30.2 Å². The summed E-state index contributed by atoms with van der Waals surface area (Å²) >= 11 is 3.04. The van der Waals surface area contributed by atoms with Crippen molar-refractivity contribution in [2.75, 3.05) is 24.0 Å². The van der Waals surface area contributed by atoms with Gasteiger partial charge in [0, 0.05) is 0 Å². The van der Waals surface area contributed by atoms with Crippen LogP contribution in [0.25, 0.3) is 0 Å². The van der Waals surface area contributed by atoms with E-state index in [0.29, 0.717) is 24.3 Å². The Kier molecular flexibility index (Phi) is 22.3. The third kappa shape index (κ3) is 16.2. The van der Waals surface area contributed by atoms with Gasteiger partial charge in [-0.15, -0.1) is 0 Å². The molecule has 0 spiro atoms. The number of nitrogens with one attached hydrogen (secondary N) is 2. The van der Waals surface area contributed by atoms with E-state index in [2.05, 4.69) is 0 Å². The molecule has 0 saturated carbocycles. The number of aliphatic carboxylic acids is 2. The summed E-state index contributed by atoms with van der Waals surface area (Å²) < 4.78 is 0. The maximum atomic E-state index is 10.1. The fourth-order valence-electron chi connectivity index (χ4n) is 0.942. The fourth-order valence-corrected chi connectivity index (χ4v) is 1.88. The minimum absolute atomic E-state index is 0. The van der Waals surface area contributed by atoms with Crippen LogP contribution in [0.2, 0.25) is 0 Å². The van der Waals surface area contributed by atoms with Gasteiger partial charge in [0.1, 0.15) is 0 Å². The van der Waals surface area contributed by atoms with E-state index in [1.54, 1.807) is 11.0 Å². The van der Waals surface area contributed by atoms with Crippen molar-refractivity contribution < 1.29 is 47.3 Å². The molecule has 2 atom stereocenters. The topological polar surface area (TPSA) is 145 Å². The van der Waals surface area contributed by atoms with Crippen molar-refractivity contribution in [3.05, 3.63) is 0 Å². The number of hydroxylamine groups is 2. The van der Waals surface area contributed by atoms with Crippen LogP contribution in [0.15, 0.2) is 0 Å². The fraction of sp³-hybridized carbons (Fsp3) is 0.800. The standard InChI is InChI=1S/2C5H11NO3S.Cu/c2*1-10-3-2-4(6-9)5(7)8;/h2*4,6,9H,2-3H2,1H3,(H,7,8);/q;;+2/p-2. The number of rotatable bonds is 10. The van der Waals surface area contributed by atoms with Crippen molar-refractivity contribution in [3.63, 3.8) is 0 Å². The molecular formula is C10H20CuN2O6S2. The van der Waals surface area contributed by atoms with Gasteiger partial charge in [-0.3, -0.25) is 0 Å². The van der Waals surface area contributed by atoms with Gasteiger partial charge in [-0.1, -0.05) is 0 Å². The minimum Gasteiger partial charge on any atom is -0.548 e. The van der Waals surface area contributed by atoms with Crippen molar-refractivity contribution in [3.8, 4) is 0 Å². The number of hydrogen-bond donors (Lipinski definition) is 4. The number of carboxylic acid groups (broad SMARTS) is 2. The molecule has 0 rings (SSSR count). The predicted octanol–water partition coefficient (Wildman–Crippen LogP) is -2.33. The Morgan fingerprint density at radius 1 is 0.952 bits per heavy atom. The number of carbonyl (C=O) groups excluding carboxylic acids is 2. The molecule has 0 aromatic heterocycles. The predicted molar refractivity (Wildman–Crippen MR) is 73.4 cm³/mol. The van der Waals surface area contributed by atoms with Crippen molar-refractivity contribution in [2.45, 2.75) is 24.9 Å². The van der Waals surface area contributed by atoms with Gasteiger partial charge in [-0.25, -0.2) is 0 Å². The molecule has 129 valence electrons. The van der Waals surface area contributed by atoms with Crippen LogP contribution in [0.1, 0.15) is 12.8 Å². The first-order valence-electron chi connectivity index (χ1n) is 5.63. The Morgan fingerprint density at radius 3 is 1.38 bits per heavy atom. The van der Waals surface area contributed by atoms with Crippen LogP contribution < -0.4 is 21.2 Å². The van der Waals surface area contributed by atoms with Crippen LogP contribution in [-0.2, 0) is 26.7 Å². The SMILES string of the molecule is CSCCC(NO)C(=O)[O-].CSCCC(NO)C(=O)[O-].[Cu+2]. The molecule has 8 nitrogen and oxygen atoms in total. The van der Waals surface area contributed by atoms with Crippen LogP contribution in [0.5, 0.6) is 0 Å². The molecular weight excluding hydrogens is 372 g/mol. The zero-order valence-corrected chi connectivity index (χ0v) is 14.2. The van der Waals surface area contributed by atoms with Crippen LogP contribution in [0.4, 0.5) is 0 Å². The van der Waals surface area contributed by atoms with Gasteiger partial charge in [0.25, 0.3) is 0 Å². The normalized spacial score (nSPS) is 12.4. The van der Waals surface area contributed by atoms with Crippen molar-refractivity contribution in [2.24, 2.45) is 0 Å². The van der Waals surface area contributed by atoms with E-state index >= 15 is 0 Å². The van der Waals surface area contributed by atoms with E-state index in [9.17, 15) is 19.8 Å². The monoisotopic (exact) mass is 391 g/mol. The smallest absolute Gasteiger partial charge is 0.548 e. The maximum absolute atomic E-state index is 10.1. The van der Waals surface area contributed by atoms with Gasteiger partial charge in [-0.2, -0.15) is 34.5 Å². The summed E-state index contributed by atoms with van der Waals surface area (Å²) in [4.78, 5) is 20.2. The Balaban J connectivity index is -0.000000295. The Labute approximate surface area is 142 Å². The Hall–Kier alpha value is -0.000519. The van der Waals surface area contributed by atoms with E-state index in [1.807, 2.05) is 12.5 Å². The van der Waals surface area contributed by atoms with Crippen LogP contribution in [0, 0.1) is 0 Å². The summed E-state index contributed by atoms with van der Waals surface area (Å²) in [7, 11) is 0. The number of thioether (sulfide) groups is 2. The van der Waals surface area contributed by atoms with E-state index in [4.69, 9.17) is 10.4 Å². The maximum Gasteiger partial charge on any atom is 2.00 e. The van der Waals surface area contributed by atoms with E-state index in [-0.39, 0.29) is 17.1 Å². The molecule has 0 heterocycles. The molecule has 0 fully saturated rings. The zero-order chi connectivity index (χ0) is 16.0. The second-order valence-corrected chi connectivity index (χ2v) is 5.54. The van der Waals surface area contributed by atoms with Gasteiger partial charge in [0.15, 0.2) is 0 Å². The summed E-state index contributed by atoms with van der Waals surface area (Å²) in [5.74, 6) is -1.16. The first-order chi connectivity index (χ1) is 9.44. The summed E-state index contributed by atoms with van der Waals surface area (Å²) in [6, 6.07) is -1.88. The summed E-state index contributed by atoms with van der Waals surface area (Å²) in [5.41, 5.74) is 3.32. The molecule has 4 N–H and O–H groups in total. The van der Waals surface area contributed by atoms with E-state index < -0.39 is 24.0 Å². The van der Waals surface area contributed by atoms with Crippen molar-refractivity contribution >= 4 is 35.5 Å². The molecule has 1 radical (unpaired) electrons. The summed E-state index contributed by atoms with van der Waals surface area (Å²) in [6.07, 6.45) is 4.48.